The van der Waals surface area contributed by atoms with E-state index in [9.17, 15) is 13.2 Å². The van der Waals surface area contributed by atoms with Crippen LogP contribution in [0.2, 0.25) is 0 Å². The molecular formula is C21H17F3N4O3S2. The van der Waals surface area contributed by atoms with E-state index in [1.54, 1.807) is 40.0 Å². The zero-order valence-corrected chi connectivity index (χ0v) is 18.8. The molecule has 0 radical (unpaired) electrons. The lowest BCUT2D eigenvalue weighted by molar-refractivity contribution is -0.274. The van der Waals surface area contributed by atoms with Crippen molar-refractivity contribution in [2.24, 2.45) is 0 Å². The van der Waals surface area contributed by atoms with Gasteiger partial charge in [0.2, 0.25) is 0 Å². The van der Waals surface area contributed by atoms with E-state index in [0.29, 0.717) is 40.7 Å². The molecule has 0 atom stereocenters. The van der Waals surface area contributed by atoms with Crippen LogP contribution < -0.4 is 14.2 Å². The number of aromatic amines is 1. The van der Waals surface area contributed by atoms with Gasteiger partial charge in [0.25, 0.3) is 0 Å². The lowest BCUT2D eigenvalue weighted by atomic mass is 10.3. The van der Waals surface area contributed by atoms with E-state index < -0.39 is 6.36 Å². The first-order valence-corrected chi connectivity index (χ1v) is 11.9. The predicted octanol–water partition coefficient (Wildman–Crippen LogP) is 5.75. The molecule has 0 saturated heterocycles. The number of imidazole rings is 1. The van der Waals surface area contributed by atoms with Gasteiger partial charge in [-0.1, -0.05) is 16.9 Å². The molecule has 4 rings (SSSR count). The van der Waals surface area contributed by atoms with Crippen molar-refractivity contribution in [3.8, 4) is 28.8 Å². The molecule has 1 aromatic carbocycles. The number of nitrogens with one attached hydrogen (secondary N) is 1. The van der Waals surface area contributed by atoms with E-state index in [2.05, 4.69) is 24.7 Å². The summed E-state index contributed by atoms with van der Waals surface area (Å²) in [4.78, 5) is 15.9. The van der Waals surface area contributed by atoms with Crippen molar-refractivity contribution in [2.45, 2.75) is 11.4 Å². The number of aromatic nitrogens is 4. The number of halogens is 3. The summed E-state index contributed by atoms with van der Waals surface area (Å²) in [6.07, 6.45) is -1.48. The average Bonchev–Trinajstić information content (AvgIpc) is 3.21. The average molecular weight is 495 g/mol. The van der Waals surface area contributed by atoms with Gasteiger partial charge in [-0.05, 0) is 35.1 Å². The maximum Gasteiger partial charge on any atom is 0.573 e. The minimum atomic E-state index is -4.77. The molecule has 0 aliphatic rings. The van der Waals surface area contributed by atoms with Gasteiger partial charge in [-0.25, -0.2) is 15.0 Å². The van der Waals surface area contributed by atoms with Crippen LogP contribution in [0.15, 0.2) is 59.9 Å². The van der Waals surface area contributed by atoms with E-state index in [4.69, 9.17) is 9.47 Å². The second kappa shape index (κ2) is 10.2. The van der Waals surface area contributed by atoms with Crippen molar-refractivity contribution >= 4 is 32.6 Å². The van der Waals surface area contributed by atoms with Crippen molar-refractivity contribution in [2.75, 3.05) is 19.5 Å². The van der Waals surface area contributed by atoms with Crippen LogP contribution in [-0.2, 0) is 0 Å². The van der Waals surface area contributed by atoms with E-state index in [-0.39, 0.29) is 5.75 Å². The number of fused-ring (bicyclic) bond motifs is 1. The number of benzene rings is 1. The Labute approximate surface area is 194 Å². The summed E-state index contributed by atoms with van der Waals surface area (Å²) in [6.45, 7) is 0.460. The quantitative estimate of drug-likeness (QED) is 0.233. The molecule has 3 heterocycles. The first-order chi connectivity index (χ1) is 15.9. The van der Waals surface area contributed by atoms with Gasteiger partial charge in [0.15, 0.2) is 11.6 Å². The van der Waals surface area contributed by atoms with Gasteiger partial charge in [-0.2, -0.15) is 0 Å². The van der Waals surface area contributed by atoms with Gasteiger partial charge in [-0.3, -0.25) is 0 Å². The number of nitrogens with zero attached hydrogens (tertiary/aromatic N) is 3. The fourth-order valence-corrected chi connectivity index (χ4v) is 4.53. The number of hydrogen-bond donors (Lipinski definition) is 1. The number of H-pyrrole nitrogens is 1. The Bertz CT molecular complexity index is 1220. The summed E-state index contributed by atoms with van der Waals surface area (Å²) in [7, 11) is 4.68. The van der Waals surface area contributed by atoms with Gasteiger partial charge in [-0.15, -0.1) is 13.2 Å². The van der Waals surface area contributed by atoms with Crippen molar-refractivity contribution in [3.63, 3.8) is 0 Å². The number of rotatable bonds is 9. The molecule has 7 nitrogen and oxygen atoms in total. The van der Waals surface area contributed by atoms with E-state index in [1.165, 1.54) is 25.3 Å². The monoisotopic (exact) mass is 494 g/mol. The maximum atomic E-state index is 12.5. The standard InChI is InChI=1S/C21H17F3N4O3S2/c1-29-17-11-14(30-8-9-32-33-18-4-2-3-7-25-18)12-26-19(17)20-27-15-6-5-13(10-16(15)28-20)31-21(22,23)24/h2-7,10-12H,8-9H2,1H3,(H,27,28). The minimum absolute atomic E-state index is 0.340. The van der Waals surface area contributed by atoms with Gasteiger partial charge in [0, 0.05) is 24.1 Å². The Balaban J connectivity index is 1.41. The van der Waals surface area contributed by atoms with Crippen molar-refractivity contribution < 1.29 is 27.4 Å². The molecule has 3 aromatic heterocycles. The second-order valence-electron chi connectivity index (χ2n) is 6.46. The number of hydrogen-bond acceptors (Lipinski definition) is 8. The summed E-state index contributed by atoms with van der Waals surface area (Å²) >= 11 is 0. The first-order valence-electron chi connectivity index (χ1n) is 9.54. The van der Waals surface area contributed by atoms with Crippen molar-refractivity contribution in [3.05, 3.63) is 54.9 Å². The van der Waals surface area contributed by atoms with Gasteiger partial charge in [0.1, 0.15) is 22.2 Å². The third-order valence-corrected chi connectivity index (χ3v) is 6.41. The molecule has 0 bridgehead atoms. The van der Waals surface area contributed by atoms with E-state index in [0.717, 1.165) is 10.8 Å². The normalized spacial score (nSPS) is 11.5. The molecule has 172 valence electrons. The predicted molar refractivity (Wildman–Crippen MR) is 121 cm³/mol. The highest BCUT2D eigenvalue weighted by atomic mass is 33.1. The molecule has 12 heteroatoms. The Kier molecular flexibility index (Phi) is 7.14. The van der Waals surface area contributed by atoms with Crippen LogP contribution in [0.4, 0.5) is 13.2 Å². The topological polar surface area (TPSA) is 82.2 Å². The SMILES string of the molecule is COc1cc(OCCSSc2ccccn2)cnc1-c1nc2ccc(OC(F)(F)F)cc2[nH]1. The fourth-order valence-electron chi connectivity index (χ4n) is 2.83. The molecule has 0 spiro atoms. The number of methoxy groups -OCH3 is 1. The Morgan fingerprint density at radius 3 is 2.70 bits per heavy atom. The lowest BCUT2D eigenvalue weighted by Gasteiger charge is -2.09. The summed E-state index contributed by atoms with van der Waals surface area (Å²) in [5.41, 5.74) is 1.24. The Morgan fingerprint density at radius 1 is 1.06 bits per heavy atom. The van der Waals surface area contributed by atoms with Crippen LogP contribution in [0.1, 0.15) is 0 Å². The van der Waals surface area contributed by atoms with Crippen molar-refractivity contribution in [1.29, 1.82) is 0 Å². The van der Waals surface area contributed by atoms with Crippen molar-refractivity contribution in [1.82, 2.24) is 19.9 Å². The zero-order chi connectivity index (χ0) is 23.3. The second-order valence-corrected chi connectivity index (χ2v) is 8.89. The molecule has 1 N–H and O–H groups in total. The van der Waals surface area contributed by atoms with Gasteiger partial charge >= 0.3 is 6.36 Å². The third-order valence-electron chi connectivity index (χ3n) is 4.18. The van der Waals surface area contributed by atoms with Crippen LogP contribution >= 0.6 is 21.6 Å². The Hall–Kier alpha value is -3.12. The van der Waals surface area contributed by atoms with Crippen LogP contribution in [0.5, 0.6) is 17.2 Å². The molecule has 33 heavy (non-hydrogen) atoms. The highest BCUT2D eigenvalue weighted by Crippen LogP contribution is 2.33. The molecular weight excluding hydrogens is 477 g/mol. The summed E-state index contributed by atoms with van der Waals surface area (Å²) < 4.78 is 52.5. The fraction of sp³-hybridized carbons (Fsp3) is 0.190. The van der Waals surface area contributed by atoms with E-state index in [1.807, 2.05) is 18.2 Å². The van der Waals surface area contributed by atoms with Crippen LogP contribution in [0.25, 0.3) is 22.6 Å². The Morgan fingerprint density at radius 2 is 1.94 bits per heavy atom. The number of alkyl halides is 3. The molecule has 0 aliphatic heterocycles. The van der Waals surface area contributed by atoms with Crippen LogP contribution in [0, 0.1) is 0 Å². The first kappa shape index (κ1) is 23.1. The van der Waals surface area contributed by atoms with Crippen LogP contribution in [0.3, 0.4) is 0 Å². The third kappa shape index (κ3) is 6.23. The highest BCUT2D eigenvalue weighted by Gasteiger charge is 2.31. The molecule has 0 saturated carbocycles. The lowest BCUT2D eigenvalue weighted by Crippen LogP contribution is -2.16. The molecule has 0 aliphatic carbocycles. The summed E-state index contributed by atoms with van der Waals surface area (Å²) in [5.74, 6) is 1.68. The van der Waals surface area contributed by atoms with Crippen LogP contribution in [-0.4, -0.2) is 45.8 Å². The molecule has 4 aromatic rings. The smallest absolute Gasteiger partial charge is 0.494 e. The molecule has 0 unspecified atom stereocenters. The van der Waals surface area contributed by atoms with E-state index >= 15 is 0 Å². The molecule has 0 amide bonds. The largest absolute Gasteiger partial charge is 0.573 e. The van der Waals surface area contributed by atoms with Gasteiger partial charge < -0.3 is 19.2 Å². The maximum absolute atomic E-state index is 12.5. The van der Waals surface area contributed by atoms with Gasteiger partial charge in [0.05, 0.1) is 30.9 Å². The number of ether oxygens (including phenoxy) is 3. The molecule has 0 fully saturated rings. The summed E-state index contributed by atoms with van der Waals surface area (Å²) in [5, 5.41) is 0.929. The zero-order valence-electron chi connectivity index (χ0n) is 17.1. The highest BCUT2D eigenvalue weighted by molar-refractivity contribution is 8.76. The summed E-state index contributed by atoms with van der Waals surface area (Å²) in [6, 6.07) is 11.3. The number of pyridine rings is 2. The minimum Gasteiger partial charge on any atom is -0.494 e.